The van der Waals surface area contributed by atoms with Crippen molar-refractivity contribution in [3.05, 3.63) is 51.7 Å². The van der Waals surface area contributed by atoms with E-state index in [2.05, 4.69) is 20.6 Å². The van der Waals surface area contributed by atoms with Crippen molar-refractivity contribution in [2.24, 2.45) is 0 Å². The van der Waals surface area contributed by atoms with Gasteiger partial charge in [0, 0.05) is 17.0 Å². The molecule has 0 radical (unpaired) electrons. The fourth-order valence-electron chi connectivity index (χ4n) is 2.53. The van der Waals surface area contributed by atoms with Gasteiger partial charge in [0.25, 0.3) is 5.91 Å². The van der Waals surface area contributed by atoms with Gasteiger partial charge >= 0.3 is 0 Å². The topological polar surface area (TPSA) is 118 Å². The molecule has 0 aliphatic carbocycles. The number of aromatic nitrogens is 2. The maximum absolute atomic E-state index is 12.3. The van der Waals surface area contributed by atoms with E-state index < -0.39 is 9.84 Å². The van der Waals surface area contributed by atoms with Crippen LogP contribution in [0.15, 0.2) is 45.3 Å². The monoisotopic (exact) mass is 478 g/mol. The summed E-state index contributed by atoms with van der Waals surface area (Å²) in [5.74, 6) is -0.553. The van der Waals surface area contributed by atoms with Crippen LogP contribution in [-0.4, -0.2) is 36.5 Å². The summed E-state index contributed by atoms with van der Waals surface area (Å²) in [5, 5.41) is 11.5. The van der Waals surface area contributed by atoms with Crippen molar-refractivity contribution in [1.29, 1.82) is 0 Å². The zero-order valence-electron chi connectivity index (χ0n) is 15.4. The van der Waals surface area contributed by atoms with E-state index in [1.165, 1.54) is 40.1 Å². The van der Waals surface area contributed by atoms with Crippen LogP contribution in [0.2, 0.25) is 0 Å². The van der Waals surface area contributed by atoms with Crippen molar-refractivity contribution in [1.82, 2.24) is 9.97 Å². The summed E-state index contributed by atoms with van der Waals surface area (Å²) < 4.78 is 24.0. The molecule has 3 aromatic heterocycles. The number of amides is 2. The average Bonchev–Trinajstić information content (AvgIpc) is 3.40. The molecule has 8 nitrogen and oxygen atoms in total. The molecule has 30 heavy (non-hydrogen) atoms. The molecule has 2 N–H and O–H groups in total. The average molecular weight is 479 g/mol. The molecule has 4 aromatic rings. The van der Waals surface area contributed by atoms with E-state index in [0.717, 1.165) is 6.26 Å². The Morgan fingerprint density at radius 2 is 1.90 bits per heavy atom. The highest BCUT2D eigenvalue weighted by Gasteiger charge is 2.14. The van der Waals surface area contributed by atoms with Gasteiger partial charge in [-0.2, -0.15) is 11.3 Å². The Morgan fingerprint density at radius 3 is 2.63 bits per heavy atom. The molecule has 0 unspecified atom stereocenters. The number of hydrogen-bond donors (Lipinski definition) is 2. The second-order valence-corrected chi connectivity index (χ2v) is 10.9. The van der Waals surface area contributed by atoms with Gasteiger partial charge in [-0.3, -0.25) is 14.9 Å². The van der Waals surface area contributed by atoms with E-state index >= 15 is 0 Å². The van der Waals surface area contributed by atoms with Gasteiger partial charge in [0.05, 0.1) is 32.8 Å². The number of nitrogens with zero attached hydrogens (tertiary/aromatic N) is 2. The predicted octanol–water partition coefficient (Wildman–Crippen LogP) is 3.65. The van der Waals surface area contributed by atoms with Gasteiger partial charge in [-0.25, -0.2) is 18.4 Å². The SMILES string of the molecule is CS(=O)(=O)c1ccc2nc(NC(=O)Cc3csc(NC(=O)c4ccsc4)n3)sc2c1. The molecule has 0 aliphatic heterocycles. The van der Waals surface area contributed by atoms with E-state index in [4.69, 9.17) is 0 Å². The van der Waals surface area contributed by atoms with Gasteiger partial charge in [-0.05, 0) is 29.6 Å². The van der Waals surface area contributed by atoms with Crippen molar-refractivity contribution in [3.8, 4) is 0 Å². The molecule has 2 amide bonds. The molecule has 4 rings (SSSR count). The van der Waals surface area contributed by atoms with Crippen molar-refractivity contribution < 1.29 is 18.0 Å². The van der Waals surface area contributed by atoms with E-state index in [0.29, 0.717) is 31.7 Å². The van der Waals surface area contributed by atoms with Crippen molar-refractivity contribution in [2.45, 2.75) is 11.3 Å². The van der Waals surface area contributed by atoms with E-state index in [-0.39, 0.29) is 23.1 Å². The quantitative estimate of drug-likeness (QED) is 0.437. The number of anilines is 2. The molecule has 12 heteroatoms. The smallest absolute Gasteiger partial charge is 0.258 e. The van der Waals surface area contributed by atoms with Gasteiger partial charge in [0.15, 0.2) is 20.1 Å². The maximum atomic E-state index is 12.3. The van der Waals surface area contributed by atoms with Crippen molar-refractivity contribution in [3.63, 3.8) is 0 Å². The molecule has 1 aromatic carbocycles. The van der Waals surface area contributed by atoms with Gasteiger partial charge < -0.3 is 5.32 Å². The minimum absolute atomic E-state index is 0.0232. The van der Waals surface area contributed by atoms with Crippen molar-refractivity contribution >= 4 is 76.1 Å². The van der Waals surface area contributed by atoms with Crippen LogP contribution in [0.4, 0.5) is 10.3 Å². The third-order valence-electron chi connectivity index (χ3n) is 3.93. The lowest BCUT2D eigenvalue weighted by molar-refractivity contribution is -0.115. The molecule has 154 valence electrons. The number of carbonyl (C=O) groups is 2. The molecule has 0 saturated carbocycles. The van der Waals surface area contributed by atoms with Crippen LogP contribution in [-0.2, 0) is 21.1 Å². The Hall–Kier alpha value is -2.67. The molecule has 0 fully saturated rings. The van der Waals surface area contributed by atoms with E-state index in [9.17, 15) is 18.0 Å². The number of hydrogen-bond acceptors (Lipinski definition) is 9. The van der Waals surface area contributed by atoms with Gasteiger partial charge in [0.2, 0.25) is 5.91 Å². The Bertz CT molecular complexity index is 1340. The number of rotatable bonds is 6. The first-order valence-corrected chi connectivity index (χ1v) is 13.0. The van der Waals surface area contributed by atoms with Gasteiger partial charge in [0.1, 0.15) is 0 Å². The fourth-order valence-corrected chi connectivity index (χ4v) is 5.51. The standard InChI is InChI=1S/C18H14N4O4S4/c1-30(25,26)12-2-3-13-14(7-12)29-18(20-13)21-15(23)6-11-9-28-17(19-11)22-16(24)10-4-5-27-8-10/h2-5,7-9H,6H2,1H3,(H,19,22,24)(H,20,21,23). The summed E-state index contributed by atoms with van der Waals surface area (Å²) >= 11 is 3.87. The number of thiophene rings is 1. The molecule has 0 bridgehead atoms. The third-order valence-corrected chi connectivity index (χ3v) is 7.47. The fraction of sp³-hybridized carbons (Fsp3) is 0.111. The third kappa shape index (κ3) is 4.73. The van der Waals surface area contributed by atoms with Gasteiger partial charge in [-0.15, -0.1) is 11.3 Å². The highest BCUT2D eigenvalue weighted by molar-refractivity contribution is 7.90. The number of sulfone groups is 1. The second kappa shape index (κ2) is 8.22. The Balaban J connectivity index is 1.40. The molecular formula is C18H14N4O4S4. The van der Waals surface area contributed by atoms with Crippen LogP contribution in [0.25, 0.3) is 10.2 Å². The first-order chi connectivity index (χ1) is 14.3. The largest absolute Gasteiger partial charge is 0.302 e. The minimum atomic E-state index is -3.31. The molecular weight excluding hydrogens is 464 g/mol. The summed E-state index contributed by atoms with van der Waals surface area (Å²) in [6, 6.07) is 6.37. The Morgan fingerprint density at radius 1 is 1.07 bits per heavy atom. The van der Waals surface area contributed by atoms with Crippen molar-refractivity contribution in [2.75, 3.05) is 16.9 Å². The lowest BCUT2D eigenvalue weighted by atomic mass is 10.3. The van der Waals surface area contributed by atoms with Crippen LogP contribution in [0.3, 0.4) is 0 Å². The Kier molecular flexibility index (Phi) is 5.64. The molecule has 0 spiro atoms. The van der Waals surface area contributed by atoms with E-state index in [1.54, 1.807) is 29.0 Å². The zero-order chi connectivity index (χ0) is 21.3. The normalized spacial score (nSPS) is 11.5. The first-order valence-electron chi connectivity index (χ1n) is 8.46. The minimum Gasteiger partial charge on any atom is -0.302 e. The first kappa shape index (κ1) is 20.6. The number of fused-ring (bicyclic) bond motifs is 1. The number of benzene rings is 1. The summed E-state index contributed by atoms with van der Waals surface area (Å²) in [6.45, 7) is 0. The van der Waals surface area contributed by atoms with Crippen LogP contribution < -0.4 is 10.6 Å². The van der Waals surface area contributed by atoms with Crippen LogP contribution >= 0.6 is 34.0 Å². The summed E-state index contributed by atoms with van der Waals surface area (Å²) in [6.07, 6.45) is 1.16. The van der Waals surface area contributed by atoms with Crippen LogP contribution in [0.5, 0.6) is 0 Å². The van der Waals surface area contributed by atoms with Crippen LogP contribution in [0.1, 0.15) is 16.1 Å². The highest BCUT2D eigenvalue weighted by Crippen LogP contribution is 2.28. The maximum Gasteiger partial charge on any atom is 0.258 e. The molecule has 3 heterocycles. The second-order valence-electron chi connectivity index (χ2n) is 6.26. The number of nitrogens with one attached hydrogen (secondary N) is 2. The molecule has 0 saturated heterocycles. The number of carbonyl (C=O) groups excluding carboxylic acids is 2. The summed E-state index contributed by atoms with van der Waals surface area (Å²) in [7, 11) is -3.31. The van der Waals surface area contributed by atoms with Crippen LogP contribution in [0, 0.1) is 0 Å². The zero-order valence-corrected chi connectivity index (χ0v) is 18.7. The lowest BCUT2D eigenvalue weighted by Gasteiger charge is -1.99. The summed E-state index contributed by atoms with van der Waals surface area (Å²) in [5.41, 5.74) is 1.69. The van der Waals surface area contributed by atoms with E-state index in [1.807, 2.05) is 5.38 Å². The molecule has 0 atom stereocenters. The number of thiazole rings is 2. The molecule has 0 aliphatic rings. The lowest BCUT2D eigenvalue weighted by Crippen LogP contribution is -2.15. The van der Waals surface area contributed by atoms with Gasteiger partial charge in [-0.1, -0.05) is 11.3 Å². The summed E-state index contributed by atoms with van der Waals surface area (Å²) in [4.78, 5) is 33.2. The predicted molar refractivity (Wildman–Crippen MR) is 119 cm³/mol. The Labute approximate surface area is 183 Å². The highest BCUT2D eigenvalue weighted by atomic mass is 32.2.